The molecule has 0 spiro atoms. The van der Waals surface area contributed by atoms with Crippen LogP contribution in [0.2, 0.25) is 0 Å². The molecule has 1 unspecified atom stereocenters. The van der Waals surface area contributed by atoms with E-state index in [0.29, 0.717) is 11.4 Å². The molecule has 0 heterocycles. The number of carboxylic acid groups (broad SMARTS) is 1. The van der Waals surface area contributed by atoms with Gasteiger partial charge in [-0.1, -0.05) is 13.0 Å². The molecular formula is C14H18N2O5. The van der Waals surface area contributed by atoms with Crippen LogP contribution in [0, 0.1) is 5.92 Å². The lowest BCUT2D eigenvalue weighted by molar-refractivity contribution is -0.138. The molecule has 7 heteroatoms. The molecule has 0 bridgehead atoms. The van der Waals surface area contributed by atoms with E-state index in [-0.39, 0.29) is 31.3 Å². The minimum atomic E-state index is -0.933. The summed E-state index contributed by atoms with van der Waals surface area (Å²) in [7, 11) is 0. The van der Waals surface area contributed by atoms with Crippen molar-refractivity contribution in [2.24, 2.45) is 11.7 Å². The number of carbonyl (C=O) groups excluding carboxylic acids is 2. The molecule has 0 aliphatic carbocycles. The monoisotopic (exact) mass is 294 g/mol. The van der Waals surface area contributed by atoms with Gasteiger partial charge in [0.05, 0.1) is 0 Å². The van der Waals surface area contributed by atoms with Crippen molar-refractivity contribution >= 4 is 23.5 Å². The fourth-order valence-electron chi connectivity index (χ4n) is 1.72. The Labute approximate surface area is 122 Å². The molecule has 1 rings (SSSR count). The predicted octanol–water partition coefficient (Wildman–Crippen LogP) is 0.990. The fraction of sp³-hybridized carbons (Fsp3) is 0.357. The molecule has 1 aromatic rings. The van der Waals surface area contributed by atoms with E-state index in [1.165, 1.54) is 0 Å². The molecule has 0 saturated carbocycles. The van der Waals surface area contributed by atoms with Crippen LogP contribution < -0.4 is 15.8 Å². The zero-order valence-corrected chi connectivity index (χ0v) is 11.7. The first-order chi connectivity index (χ1) is 9.86. The van der Waals surface area contributed by atoms with Gasteiger partial charge in [-0.25, -0.2) is 0 Å². The third-order valence-electron chi connectivity index (χ3n) is 2.56. The van der Waals surface area contributed by atoms with Crippen LogP contribution in [0.25, 0.3) is 0 Å². The molecule has 0 radical (unpaired) electrons. The van der Waals surface area contributed by atoms with Gasteiger partial charge in [0.2, 0.25) is 5.91 Å². The predicted molar refractivity (Wildman–Crippen MR) is 75.8 cm³/mol. The molecule has 7 nitrogen and oxygen atoms in total. The number of carbonyl (C=O) groups is 3. The van der Waals surface area contributed by atoms with Crippen molar-refractivity contribution in [1.82, 2.24) is 0 Å². The van der Waals surface area contributed by atoms with Gasteiger partial charge in [0, 0.05) is 24.6 Å². The molecule has 21 heavy (non-hydrogen) atoms. The largest absolute Gasteiger partial charge is 0.484 e. The molecule has 0 fully saturated rings. The van der Waals surface area contributed by atoms with Gasteiger partial charge in [-0.05, 0) is 18.1 Å². The highest BCUT2D eigenvalue weighted by molar-refractivity contribution is 5.91. The van der Waals surface area contributed by atoms with Crippen molar-refractivity contribution in [1.29, 1.82) is 0 Å². The number of primary amides is 1. The van der Waals surface area contributed by atoms with Gasteiger partial charge in [-0.2, -0.15) is 0 Å². The Hall–Kier alpha value is -2.57. The van der Waals surface area contributed by atoms with Gasteiger partial charge in [0.1, 0.15) is 5.75 Å². The summed E-state index contributed by atoms with van der Waals surface area (Å²) in [6.45, 7) is 1.45. The van der Waals surface area contributed by atoms with Gasteiger partial charge in [0.25, 0.3) is 5.91 Å². The second-order valence-electron chi connectivity index (χ2n) is 4.74. The zero-order valence-electron chi connectivity index (χ0n) is 11.7. The molecule has 4 N–H and O–H groups in total. The van der Waals surface area contributed by atoms with Crippen molar-refractivity contribution in [3.63, 3.8) is 0 Å². The first kappa shape index (κ1) is 16.5. The maximum atomic E-state index is 11.8. The number of carboxylic acids is 1. The topological polar surface area (TPSA) is 119 Å². The van der Waals surface area contributed by atoms with E-state index in [1.807, 2.05) is 0 Å². The third-order valence-corrected chi connectivity index (χ3v) is 2.56. The number of anilines is 1. The number of benzene rings is 1. The van der Waals surface area contributed by atoms with Gasteiger partial charge in [0.15, 0.2) is 6.61 Å². The molecule has 114 valence electrons. The summed E-state index contributed by atoms with van der Waals surface area (Å²) in [5.74, 6) is -1.65. The highest BCUT2D eigenvalue weighted by Crippen LogP contribution is 2.18. The van der Waals surface area contributed by atoms with E-state index in [9.17, 15) is 14.4 Å². The molecule has 0 aliphatic heterocycles. The number of amides is 2. The van der Waals surface area contributed by atoms with Crippen molar-refractivity contribution in [3.8, 4) is 5.75 Å². The van der Waals surface area contributed by atoms with E-state index in [4.69, 9.17) is 15.6 Å². The maximum absolute atomic E-state index is 11.8. The zero-order chi connectivity index (χ0) is 15.8. The molecule has 0 aliphatic rings. The highest BCUT2D eigenvalue weighted by Gasteiger charge is 2.13. The smallest absolute Gasteiger partial charge is 0.303 e. The van der Waals surface area contributed by atoms with Gasteiger partial charge < -0.3 is 20.9 Å². The van der Waals surface area contributed by atoms with Crippen molar-refractivity contribution in [3.05, 3.63) is 24.3 Å². The van der Waals surface area contributed by atoms with E-state index in [0.717, 1.165) is 0 Å². The normalized spacial score (nSPS) is 11.5. The Morgan fingerprint density at radius 3 is 2.67 bits per heavy atom. The minimum Gasteiger partial charge on any atom is -0.484 e. The summed E-state index contributed by atoms with van der Waals surface area (Å²) in [4.78, 5) is 32.9. The van der Waals surface area contributed by atoms with Crippen molar-refractivity contribution in [2.75, 3.05) is 11.9 Å². The van der Waals surface area contributed by atoms with Crippen LogP contribution in [0.15, 0.2) is 24.3 Å². The third kappa shape index (κ3) is 6.95. The number of ether oxygens (including phenoxy) is 1. The van der Waals surface area contributed by atoms with Crippen molar-refractivity contribution in [2.45, 2.75) is 19.8 Å². The van der Waals surface area contributed by atoms with Crippen LogP contribution in [0.5, 0.6) is 5.75 Å². The number of nitrogens with one attached hydrogen (secondary N) is 1. The van der Waals surface area contributed by atoms with Crippen LogP contribution in [-0.2, 0) is 14.4 Å². The van der Waals surface area contributed by atoms with Crippen LogP contribution in [-0.4, -0.2) is 29.5 Å². The lowest BCUT2D eigenvalue weighted by Gasteiger charge is -2.10. The van der Waals surface area contributed by atoms with E-state index in [2.05, 4.69) is 5.32 Å². The summed E-state index contributed by atoms with van der Waals surface area (Å²) >= 11 is 0. The molecule has 0 aromatic heterocycles. The molecule has 0 saturated heterocycles. The maximum Gasteiger partial charge on any atom is 0.303 e. The standard InChI is InChI=1S/C14H18N2O5/c1-9(6-14(19)20)5-13(18)16-10-3-2-4-11(7-10)21-8-12(15)17/h2-4,7,9H,5-6,8H2,1H3,(H2,15,17)(H,16,18)(H,19,20). The quantitative estimate of drug-likeness (QED) is 0.660. The Morgan fingerprint density at radius 2 is 2.05 bits per heavy atom. The minimum absolute atomic E-state index is 0.0603. The van der Waals surface area contributed by atoms with Crippen molar-refractivity contribution < 1.29 is 24.2 Å². The number of hydrogen-bond donors (Lipinski definition) is 3. The van der Waals surface area contributed by atoms with Crippen LogP contribution in [0.3, 0.4) is 0 Å². The second-order valence-corrected chi connectivity index (χ2v) is 4.74. The number of aliphatic carboxylic acids is 1. The first-order valence-corrected chi connectivity index (χ1v) is 6.39. The van der Waals surface area contributed by atoms with Crippen LogP contribution >= 0.6 is 0 Å². The van der Waals surface area contributed by atoms with Crippen LogP contribution in [0.4, 0.5) is 5.69 Å². The summed E-state index contributed by atoms with van der Waals surface area (Å²) in [6.07, 6.45) is 0.0495. The summed E-state index contributed by atoms with van der Waals surface area (Å²) < 4.78 is 5.12. The van der Waals surface area contributed by atoms with E-state index < -0.39 is 11.9 Å². The number of nitrogens with two attached hydrogens (primary N) is 1. The lowest BCUT2D eigenvalue weighted by atomic mass is 10.0. The highest BCUT2D eigenvalue weighted by atomic mass is 16.5. The second kappa shape index (κ2) is 7.88. The summed E-state index contributed by atoms with van der Waals surface area (Å²) in [5, 5.41) is 11.3. The summed E-state index contributed by atoms with van der Waals surface area (Å²) in [6, 6.07) is 6.51. The van der Waals surface area contributed by atoms with Gasteiger partial charge in [-0.3, -0.25) is 14.4 Å². The van der Waals surface area contributed by atoms with E-state index >= 15 is 0 Å². The Balaban J connectivity index is 2.54. The lowest BCUT2D eigenvalue weighted by Crippen LogP contribution is -2.20. The Morgan fingerprint density at radius 1 is 1.33 bits per heavy atom. The molecule has 1 aromatic carbocycles. The van der Waals surface area contributed by atoms with Gasteiger partial charge >= 0.3 is 5.97 Å². The van der Waals surface area contributed by atoms with Gasteiger partial charge in [-0.15, -0.1) is 0 Å². The number of rotatable bonds is 8. The van der Waals surface area contributed by atoms with Crippen LogP contribution in [0.1, 0.15) is 19.8 Å². The average molecular weight is 294 g/mol. The average Bonchev–Trinajstić information content (AvgIpc) is 2.35. The SMILES string of the molecule is CC(CC(=O)O)CC(=O)Nc1cccc(OCC(N)=O)c1. The Bertz CT molecular complexity index is 530. The molecule has 2 amide bonds. The first-order valence-electron chi connectivity index (χ1n) is 6.39. The molecule has 1 atom stereocenters. The van der Waals surface area contributed by atoms with E-state index in [1.54, 1.807) is 31.2 Å². The fourth-order valence-corrected chi connectivity index (χ4v) is 1.72. The Kier molecular flexibility index (Phi) is 6.19. The molecular weight excluding hydrogens is 276 g/mol. The summed E-state index contributed by atoms with van der Waals surface area (Å²) in [5.41, 5.74) is 5.48. The number of hydrogen-bond acceptors (Lipinski definition) is 4.